The maximum atomic E-state index is 9.09. The van der Waals surface area contributed by atoms with Gasteiger partial charge in [-0.3, -0.25) is 9.80 Å². The number of aliphatic hydroxyl groups excluding tert-OH is 2. The van der Waals surface area contributed by atoms with Gasteiger partial charge >= 0.3 is 0 Å². The monoisotopic (exact) mass is 508 g/mol. The van der Waals surface area contributed by atoms with Gasteiger partial charge in [-0.1, -0.05) is 0 Å². The lowest BCUT2D eigenvalue weighted by molar-refractivity contribution is 0.0938. The molecule has 0 saturated carbocycles. The highest BCUT2D eigenvalue weighted by molar-refractivity contribution is 8.26. The van der Waals surface area contributed by atoms with Crippen molar-refractivity contribution in [1.29, 1.82) is 0 Å². The lowest BCUT2D eigenvalue weighted by atomic mass is 10.4. The van der Waals surface area contributed by atoms with Crippen molar-refractivity contribution in [3.63, 3.8) is 0 Å². The van der Waals surface area contributed by atoms with E-state index >= 15 is 0 Å². The smallest absolute Gasteiger partial charge is 0.211 e. The molecule has 2 N–H and O–H groups in total. The summed E-state index contributed by atoms with van der Waals surface area (Å²) in [5.41, 5.74) is 0. The van der Waals surface area contributed by atoms with Crippen molar-refractivity contribution in [1.82, 2.24) is 9.80 Å². The van der Waals surface area contributed by atoms with Gasteiger partial charge < -0.3 is 19.7 Å². The third-order valence-corrected chi connectivity index (χ3v) is 3.48. The van der Waals surface area contributed by atoms with Crippen LogP contribution in [0.2, 0.25) is 0 Å². The molecule has 0 unspecified atom stereocenters. The van der Waals surface area contributed by atoms with Crippen LogP contribution in [0.4, 0.5) is 0 Å². The summed E-state index contributed by atoms with van der Waals surface area (Å²) in [6.45, 7) is 11.8. The molecule has 0 bridgehead atoms. The van der Waals surface area contributed by atoms with Crippen LogP contribution < -0.4 is 0 Å². The average molecular weight is 510 g/mol. The van der Waals surface area contributed by atoms with Crippen molar-refractivity contribution in [2.45, 2.75) is 13.8 Å². The minimum Gasteiger partial charge on any atom is -0.395 e. The molecular formula is C16H36Cl4N2O5S. The van der Waals surface area contributed by atoms with Gasteiger partial charge in [-0.15, -0.1) is 23.2 Å². The largest absolute Gasteiger partial charge is 0.395 e. The molecule has 0 aliphatic rings. The van der Waals surface area contributed by atoms with E-state index in [2.05, 4.69) is 26.3 Å². The normalized spacial score (nSPS) is 10.7. The van der Waals surface area contributed by atoms with Gasteiger partial charge in [0.15, 0.2) is 0 Å². The van der Waals surface area contributed by atoms with Gasteiger partial charge in [-0.25, -0.2) is 4.21 Å². The summed E-state index contributed by atoms with van der Waals surface area (Å²) in [5.74, 6) is 1.31. The fourth-order valence-corrected chi connectivity index (χ4v) is 2.35. The van der Waals surface area contributed by atoms with E-state index in [1.807, 2.05) is 18.7 Å². The van der Waals surface area contributed by atoms with Crippen LogP contribution in [0.15, 0.2) is 0 Å². The van der Waals surface area contributed by atoms with Crippen LogP contribution >= 0.6 is 44.6 Å². The van der Waals surface area contributed by atoms with E-state index in [1.54, 1.807) is 0 Å². The highest BCUT2D eigenvalue weighted by atomic mass is 36.0. The molecule has 0 amide bonds. The molecule has 0 aliphatic heterocycles. The zero-order valence-electron chi connectivity index (χ0n) is 16.8. The Bertz CT molecular complexity index is 276. The van der Waals surface area contributed by atoms with Crippen LogP contribution in [0.1, 0.15) is 13.8 Å². The van der Waals surface area contributed by atoms with E-state index < -0.39 is 9.23 Å². The maximum absolute atomic E-state index is 9.09. The molecule has 12 heteroatoms. The minimum atomic E-state index is -1.67. The van der Waals surface area contributed by atoms with Crippen molar-refractivity contribution in [3.8, 4) is 0 Å². The highest BCUT2D eigenvalue weighted by Crippen LogP contribution is 1.92. The molecule has 7 nitrogen and oxygen atoms in total. The van der Waals surface area contributed by atoms with Crippen molar-refractivity contribution >= 4 is 53.8 Å². The Balaban J connectivity index is -0.000000375. The molecule has 0 aromatic heterocycles. The van der Waals surface area contributed by atoms with Crippen LogP contribution in [-0.2, 0) is 18.7 Å². The van der Waals surface area contributed by atoms with Gasteiger partial charge in [0.2, 0.25) is 9.23 Å². The minimum absolute atomic E-state index is 0.131. The second-order valence-corrected chi connectivity index (χ2v) is 8.37. The predicted octanol–water partition coefficient (Wildman–Crippen LogP) is 2.15. The van der Waals surface area contributed by atoms with Gasteiger partial charge in [-0.05, 0) is 13.8 Å². The fraction of sp³-hybridized carbons (Fsp3) is 1.00. The summed E-state index contributed by atoms with van der Waals surface area (Å²) in [4.78, 5) is 4.17. The van der Waals surface area contributed by atoms with E-state index in [-0.39, 0.29) is 13.2 Å². The van der Waals surface area contributed by atoms with Gasteiger partial charge in [0.05, 0.1) is 26.4 Å². The molecule has 0 atom stereocenters. The molecular weight excluding hydrogens is 474 g/mol. The Hall–Kier alpha value is 1.07. The maximum Gasteiger partial charge on any atom is 0.211 e. The van der Waals surface area contributed by atoms with Crippen LogP contribution in [0, 0.1) is 0 Å². The molecule has 0 aliphatic carbocycles. The first-order valence-corrected chi connectivity index (χ1v) is 13.0. The van der Waals surface area contributed by atoms with Gasteiger partial charge in [0.25, 0.3) is 0 Å². The van der Waals surface area contributed by atoms with E-state index in [0.717, 1.165) is 39.4 Å². The van der Waals surface area contributed by atoms with Crippen LogP contribution in [-0.4, -0.2) is 115 Å². The first-order valence-electron chi connectivity index (χ1n) is 9.11. The van der Waals surface area contributed by atoms with Gasteiger partial charge in [0, 0.05) is 85.6 Å². The van der Waals surface area contributed by atoms with Crippen molar-refractivity contribution in [3.05, 3.63) is 0 Å². The summed E-state index contributed by atoms with van der Waals surface area (Å²) < 4.78 is 19.5. The number of nitrogens with zero attached hydrogens (tertiary/aromatic N) is 2. The zero-order chi connectivity index (χ0) is 22.0. The van der Waals surface area contributed by atoms with E-state index in [9.17, 15) is 0 Å². The number of hydrogen-bond acceptors (Lipinski definition) is 7. The molecule has 0 aromatic carbocycles. The summed E-state index contributed by atoms with van der Waals surface area (Å²) in [6.07, 6.45) is 0. The number of aliphatic hydroxyl groups is 2. The van der Waals surface area contributed by atoms with E-state index in [0.29, 0.717) is 38.1 Å². The Morgan fingerprint density at radius 2 is 1.07 bits per heavy atom. The Morgan fingerprint density at radius 3 is 1.32 bits per heavy atom. The number of ether oxygens (including phenoxy) is 2. The number of hydrogen-bond donors (Lipinski definition) is 2. The summed E-state index contributed by atoms with van der Waals surface area (Å²) in [5, 5.41) is 17.3. The first-order chi connectivity index (χ1) is 13.4. The second kappa shape index (κ2) is 30.3. The van der Waals surface area contributed by atoms with Gasteiger partial charge in [-0.2, -0.15) is 0 Å². The number of rotatable bonds is 16. The fourth-order valence-electron chi connectivity index (χ4n) is 1.87. The molecule has 0 fully saturated rings. The summed E-state index contributed by atoms with van der Waals surface area (Å²) >= 11 is 11.2. The highest BCUT2D eigenvalue weighted by Gasteiger charge is 2.02. The van der Waals surface area contributed by atoms with Crippen molar-refractivity contribution < 1.29 is 23.9 Å². The standard InChI is InChI=1S/C8H17Cl2NO.C8H19NO3.Cl2OS/c1-2-12-8-7-11(5-3-9)6-4-10;1-2-12-8-5-9(3-6-10)4-7-11;1-4(2)3/h2-8H2,1H3;10-11H,2-8H2,1H3;. The molecule has 0 spiro atoms. The average Bonchev–Trinajstić information content (AvgIpc) is 2.63. The predicted molar refractivity (Wildman–Crippen MR) is 121 cm³/mol. The van der Waals surface area contributed by atoms with E-state index in [1.165, 1.54) is 0 Å². The molecule has 0 heterocycles. The molecule has 0 radical (unpaired) electrons. The third-order valence-electron chi connectivity index (χ3n) is 3.15. The summed E-state index contributed by atoms with van der Waals surface area (Å²) in [7, 11) is 7.36. The lowest BCUT2D eigenvalue weighted by Gasteiger charge is -2.19. The topological polar surface area (TPSA) is 82.5 Å². The zero-order valence-corrected chi connectivity index (χ0v) is 20.7. The van der Waals surface area contributed by atoms with Crippen LogP contribution in [0.25, 0.3) is 0 Å². The number of halogens is 4. The van der Waals surface area contributed by atoms with E-state index in [4.69, 9.17) is 47.1 Å². The van der Waals surface area contributed by atoms with Gasteiger partial charge in [0.1, 0.15) is 0 Å². The number of alkyl halides is 2. The molecule has 28 heavy (non-hydrogen) atoms. The summed E-state index contributed by atoms with van der Waals surface area (Å²) in [6, 6.07) is 0. The third kappa shape index (κ3) is 34.6. The molecule has 0 saturated heterocycles. The first kappa shape index (κ1) is 33.7. The quantitative estimate of drug-likeness (QED) is 0.187. The molecule has 0 aromatic rings. The van der Waals surface area contributed by atoms with Crippen molar-refractivity contribution in [2.75, 3.05) is 90.7 Å². The van der Waals surface area contributed by atoms with Crippen molar-refractivity contribution in [2.24, 2.45) is 0 Å². The lowest BCUT2D eigenvalue weighted by Crippen LogP contribution is -2.32. The second-order valence-electron chi connectivity index (χ2n) is 5.09. The van der Waals surface area contributed by atoms with Crippen LogP contribution in [0.5, 0.6) is 0 Å². The Morgan fingerprint density at radius 1 is 0.750 bits per heavy atom. The Labute approximate surface area is 191 Å². The Kier molecular flexibility index (Phi) is 36.4. The molecule has 0 rings (SSSR count). The molecule has 174 valence electrons. The van der Waals surface area contributed by atoms with Crippen LogP contribution in [0.3, 0.4) is 0 Å². The SMILES string of the molecule is CCOCCN(CCCl)CCCl.CCOCCN(CCO)CCO.O=S(Cl)Cl.